The SMILES string of the molecule is Cc1ccc(S(=O)(=O)OCCOc2ccc(C[C@@H](c3cccc(C#N)c3)[C@H](C)NC(=O)C(C)(C)Oc3ccc(C)cn3)cc2)cc1. The number of rotatable bonds is 14. The first-order valence-electron chi connectivity index (χ1n) is 15.0. The van der Waals surface area contributed by atoms with Gasteiger partial charge in [0, 0.05) is 24.2 Å². The van der Waals surface area contributed by atoms with Crippen molar-refractivity contribution in [2.24, 2.45) is 0 Å². The number of aromatic nitrogens is 1. The van der Waals surface area contributed by atoms with Gasteiger partial charge in [-0.2, -0.15) is 13.7 Å². The van der Waals surface area contributed by atoms with Gasteiger partial charge < -0.3 is 14.8 Å². The maximum Gasteiger partial charge on any atom is 0.297 e. The molecule has 4 rings (SSSR count). The van der Waals surface area contributed by atoms with Crippen LogP contribution in [0.2, 0.25) is 0 Å². The van der Waals surface area contributed by atoms with Crippen molar-refractivity contribution in [1.29, 1.82) is 5.26 Å². The van der Waals surface area contributed by atoms with Crippen molar-refractivity contribution >= 4 is 16.0 Å². The number of carbonyl (C=O) groups excluding carboxylic acids is 1. The van der Waals surface area contributed by atoms with Crippen molar-refractivity contribution in [3.05, 3.63) is 119 Å². The molecule has 0 saturated carbocycles. The zero-order valence-electron chi connectivity index (χ0n) is 26.7. The molecule has 4 aromatic rings. The molecule has 46 heavy (non-hydrogen) atoms. The number of ether oxygens (including phenoxy) is 2. The standard InChI is InChI=1S/C36H39N3O6S/c1-25-9-16-32(17-10-25)46(41,42)44-20-19-43-31-14-12-28(13-15-31)22-33(30-8-6-7-29(21-30)23-37)27(3)39-35(40)36(4,5)45-34-18-11-26(2)24-38-34/h6-18,21,24,27,33H,19-20,22H2,1-5H3,(H,39,40)/t27-,33+/m0/s1. The first kappa shape index (κ1) is 34.2. The van der Waals surface area contributed by atoms with Gasteiger partial charge in [-0.05, 0) is 94.1 Å². The van der Waals surface area contributed by atoms with Gasteiger partial charge in [0.1, 0.15) is 19.0 Å². The van der Waals surface area contributed by atoms with E-state index in [-0.39, 0.29) is 36.0 Å². The van der Waals surface area contributed by atoms with Gasteiger partial charge in [0.2, 0.25) is 5.88 Å². The zero-order valence-corrected chi connectivity index (χ0v) is 27.5. The third-order valence-corrected chi connectivity index (χ3v) is 8.80. The van der Waals surface area contributed by atoms with Crippen LogP contribution in [0.1, 0.15) is 54.5 Å². The molecule has 0 aliphatic carbocycles. The molecule has 0 bridgehead atoms. The summed E-state index contributed by atoms with van der Waals surface area (Å²) in [6.45, 7) is 9.05. The van der Waals surface area contributed by atoms with Crippen LogP contribution in [-0.2, 0) is 25.5 Å². The maximum atomic E-state index is 13.4. The highest BCUT2D eigenvalue weighted by atomic mass is 32.2. The fourth-order valence-electron chi connectivity index (χ4n) is 4.78. The Morgan fingerprint density at radius 3 is 2.30 bits per heavy atom. The van der Waals surface area contributed by atoms with Crippen molar-refractivity contribution in [1.82, 2.24) is 10.3 Å². The van der Waals surface area contributed by atoms with Gasteiger partial charge in [-0.25, -0.2) is 4.98 Å². The molecule has 1 aromatic heterocycles. The van der Waals surface area contributed by atoms with Crippen LogP contribution < -0.4 is 14.8 Å². The van der Waals surface area contributed by atoms with Gasteiger partial charge in [-0.1, -0.05) is 48.0 Å². The Bertz CT molecular complexity index is 1760. The van der Waals surface area contributed by atoms with E-state index in [4.69, 9.17) is 13.7 Å². The molecule has 240 valence electrons. The van der Waals surface area contributed by atoms with Crippen LogP contribution in [0.15, 0.2) is 96.0 Å². The highest BCUT2D eigenvalue weighted by Crippen LogP contribution is 2.28. The third kappa shape index (κ3) is 9.39. The van der Waals surface area contributed by atoms with Gasteiger partial charge in [0.25, 0.3) is 16.0 Å². The lowest BCUT2D eigenvalue weighted by Crippen LogP contribution is -2.51. The number of nitrogens with zero attached hydrogens (tertiary/aromatic N) is 2. The highest BCUT2D eigenvalue weighted by Gasteiger charge is 2.33. The van der Waals surface area contributed by atoms with Crippen molar-refractivity contribution in [2.45, 2.75) is 63.5 Å². The molecule has 10 heteroatoms. The largest absolute Gasteiger partial charge is 0.491 e. The van der Waals surface area contributed by atoms with E-state index in [1.807, 2.05) is 57.2 Å². The van der Waals surface area contributed by atoms with E-state index in [9.17, 15) is 18.5 Å². The molecular formula is C36H39N3O6S. The lowest BCUT2D eigenvalue weighted by Gasteiger charge is -2.30. The Labute approximate surface area is 271 Å². The summed E-state index contributed by atoms with van der Waals surface area (Å²) in [5, 5.41) is 12.6. The summed E-state index contributed by atoms with van der Waals surface area (Å²) in [5.41, 5.74) is 3.19. The predicted octanol–water partition coefficient (Wildman–Crippen LogP) is 6.04. The zero-order chi connectivity index (χ0) is 33.3. The smallest absolute Gasteiger partial charge is 0.297 e. The molecule has 1 amide bonds. The first-order valence-corrected chi connectivity index (χ1v) is 16.4. The van der Waals surface area contributed by atoms with Crippen LogP contribution in [0.3, 0.4) is 0 Å². The summed E-state index contributed by atoms with van der Waals surface area (Å²) >= 11 is 0. The van der Waals surface area contributed by atoms with Gasteiger partial charge in [0.05, 0.1) is 16.5 Å². The fraction of sp³-hybridized carbons (Fsp3) is 0.306. The van der Waals surface area contributed by atoms with E-state index >= 15 is 0 Å². The molecule has 0 radical (unpaired) electrons. The van der Waals surface area contributed by atoms with Crippen LogP contribution >= 0.6 is 0 Å². The number of nitriles is 1. The van der Waals surface area contributed by atoms with Gasteiger partial charge in [-0.3, -0.25) is 8.98 Å². The Morgan fingerprint density at radius 1 is 0.957 bits per heavy atom. The van der Waals surface area contributed by atoms with E-state index in [2.05, 4.69) is 16.4 Å². The number of aryl methyl sites for hydroxylation is 2. The highest BCUT2D eigenvalue weighted by molar-refractivity contribution is 7.86. The number of carbonyl (C=O) groups is 1. The fourth-order valence-corrected chi connectivity index (χ4v) is 5.67. The Balaban J connectivity index is 1.40. The molecular weight excluding hydrogens is 602 g/mol. The summed E-state index contributed by atoms with van der Waals surface area (Å²) in [7, 11) is -3.87. The Hall–Kier alpha value is -4.72. The number of benzene rings is 3. The van der Waals surface area contributed by atoms with Crippen LogP contribution in [0.25, 0.3) is 0 Å². The van der Waals surface area contributed by atoms with E-state index in [0.29, 0.717) is 23.6 Å². The van der Waals surface area contributed by atoms with E-state index in [1.54, 1.807) is 56.4 Å². The van der Waals surface area contributed by atoms with Crippen LogP contribution in [-0.4, -0.2) is 44.2 Å². The molecule has 0 aliphatic heterocycles. The summed E-state index contributed by atoms with van der Waals surface area (Å²) in [6.07, 6.45) is 2.25. The second kappa shape index (κ2) is 15.0. The van der Waals surface area contributed by atoms with E-state index in [0.717, 1.165) is 22.3 Å². The molecule has 0 fully saturated rings. The summed E-state index contributed by atoms with van der Waals surface area (Å²) in [6, 6.07) is 26.8. The quantitative estimate of drug-likeness (QED) is 0.130. The number of pyridine rings is 1. The van der Waals surface area contributed by atoms with Crippen LogP contribution in [0.5, 0.6) is 11.6 Å². The van der Waals surface area contributed by atoms with Gasteiger partial charge in [0.15, 0.2) is 5.60 Å². The Kier molecular flexibility index (Phi) is 11.2. The number of hydrogen-bond donors (Lipinski definition) is 1. The van der Waals surface area contributed by atoms with E-state index in [1.165, 1.54) is 12.1 Å². The molecule has 9 nitrogen and oxygen atoms in total. The van der Waals surface area contributed by atoms with Crippen molar-refractivity contribution in [3.63, 3.8) is 0 Å². The lowest BCUT2D eigenvalue weighted by atomic mass is 9.85. The van der Waals surface area contributed by atoms with Crippen molar-refractivity contribution in [2.75, 3.05) is 13.2 Å². The molecule has 1 heterocycles. The van der Waals surface area contributed by atoms with Crippen LogP contribution in [0, 0.1) is 25.2 Å². The third-order valence-electron chi connectivity index (χ3n) is 7.48. The number of nitrogens with one attached hydrogen (secondary N) is 1. The molecule has 1 N–H and O–H groups in total. The monoisotopic (exact) mass is 641 g/mol. The van der Waals surface area contributed by atoms with Crippen molar-refractivity contribution in [3.8, 4) is 17.7 Å². The first-order chi connectivity index (χ1) is 21.9. The molecule has 0 aliphatic rings. The second-order valence-corrected chi connectivity index (χ2v) is 13.3. The Morgan fingerprint density at radius 2 is 1.65 bits per heavy atom. The van der Waals surface area contributed by atoms with Gasteiger partial charge in [-0.15, -0.1) is 0 Å². The average Bonchev–Trinajstić information content (AvgIpc) is 3.03. The predicted molar refractivity (Wildman–Crippen MR) is 175 cm³/mol. The van der Waals surface area contributed by atoms with Crippen molar-refractivity contribution < 1.29 is 26.9 Å². The van der Waals surface area contributed by atoms with Gasteiger partial charge >= 0.3 is 0 Å². The topological polar surface area (TPSA) is 128 Å². The molecule has 0 saturated heterocycles. The summed E-state index contributed by atoms with van der Waals surface area (Å²) in [4.78, 5) is 17.8. The molecule has 3 aromatic carbocycles. The maximum absolute atomic E-state index is 13.4. The summed E-state index contributed by atoms with van der Waals surface area (Å²) < 4.78 is 41.6. The number of hydrogen-bond acceptors (Lipinski definition) is 8. The molecule has 0 unspecified atom stereocenters. The average molecular weight is 642 g/mol. The molecule has 2 atom stereocenters. The minimum atomic E-state index is -3.87. The second-order valence-electron chi connectivity index (χ2n) is 11.7. The van der Waals surface area contributed by atoms with E-state index < -0.39 is 15.7 Å². The normalized spacial score (nSPS) is 12.9. The number of amides is 1. The summed E-state index contributed by atoms with van der Waals surface area (Å²) in [5.74, 6) is 0.461. The lowest BCUT2D eigenvalue weighted by molar-refractivity contribution is -0.135. The minimum Gasteiger partial charge on any atom is -0.491 e. The van der Waals surface area contributed by atoms with Crippen LogP contribution in [0.4, 0.5) is 0 Å². The molecule has 0 spiro atoms. The minimum absolute atomic E-state index is 0.0487.